The van der Waals surface area contributed by atoms with Crippen LogP contribution < -0.4 is 9.86 Å². The maximum absolute atomic E-state index is 13.2. The molecule has 3 N–H and O–H groups in total. The van der Waals surface area contributed by atoms with Crippen LogP contribution in [-0.2, 0) is 21.4 Å². The van der Waals surface area contributed by atoms with Crippen LogP contribution in [0.25, 0.3) is 0 Å². The first-order valence-corrected chi connectivity index (χ1v) is 12.7. The molecule has 0 aliphatic heterocycles. The van der Waals surface area contributed by atoms with Crippen molar-refractivity contribution in [3.8, 4) is 0 Å². The SMILES string of the molecule is CCCN(CC)C[C@H](c1cccc(NS(N)(=O)=O)c1)N(C)C(=O)Cc1ccc(Cl)c(Cl)c1. The number of anilines is 1. The molecule has 0 aliphatic carbocycles. The van der Waals surface area contributed by atoms with E-state index in [2.05, 4.69) is 23.5 Å². The van der Waals surface area contributed by atoms with E-state index in [0.717, 1.165) is 30.6 Å². The summed E-state index contributed by atoms with van der Waals surface area (Å²) < 4.78 is 25.2. The van der Waals surface area contributed by atoms with Crippen LogP contribution in [0.2, 0.25) is 10.0 Å². The van der Waals surface area contributed by atoms with Gasteiger partial charge in [0.15, 0.2) is 0 Å². The summed E-state index contributed by atoms with van der Waals surface area (Å²) >= 11 is 12.1. The molecule has 2 aromatic carbocycles. The molecule has 1 amide bonds. The van der Waals surface area contributed by atoms with E-state index in [1.54, 1.807) is 48.3 Å². The van der Waals surface area contributed by atoms with Crippen molar-refractivity contribution in [1.82, 2.24) is 9.80 Å². The second-order valence-corrected chi connectivity index (χ2v) is 9.72. The number of hydrogen-bond acceptors (Lipinski definition) is 4. The molecule has 0 unspecified atom stereocenters. The molecular formula is C22H30Cl2N4O3S. The summed E-state index contributed by atoms with van der Waals surface area (Å²) in [5.74, 6) is -0.0919. The van der Waals surface area contributed by atoms with Crippen LogP contribution in [0.1, 0.15) is 37.4 Å². The van der Waals surface area contributed by atoms with Crippen molar-refractivity contribution < 1.29 is 13.2 Å². The Balaban J connectivity index is 2.33. The lowest BCUT2D eigenvalue weighted by molar-refractivity contribution is -0.131. The largest absolute Gasteiger partial charge is 0.337 e. The fraction of sp³-hybridized carbons (Fsp3) is 0.409. The Kier molecular flexibility index (Phi) is 9.79. The lowest BCUT2D eigenvalue weighted by Crippen LogP contribution is -2.40. The minimum absolute atomic E-state index is 0.0919. The summed E-state index contributed by atoms with van der Waals surface area (Å²) in [6.07, 6.45) is 1.15. The maximum atomic E-state index is 13.2. The second kappa shape index (κ2) is 11.9. The highest BCUT2D eigenvalue weighted by atomic mass is 35.5. The molecule has 0 fully saturated rings. The predicted molar refractivity (Wildman–Crippen MR) is 131 cm³/mol. The summed E-state index contributed by atoms with van der Waals surface area (Å²) in [6.45, 7) is 6.49. The Morgan fingerprint density at radius 3 is 2.44 bits per heavy atom. The highest BCUT2D eigenvalue weighted by Gasteiger charge is 2.24. The molecule has 0 spiro atoms. The number of carbonyl (C=O) groups is 1. The Morgan fingerprint density at radius 1 is 1.12 bits per heavy atom. The number of hydrogen-bond donors (Lipinski definition) is 2. The smallest absolute Gasteiger partial charge is 0.296 e. The maximum Gasteiger partial charge on any atom is 0.296 e. The molecular weight excluding hydrogens is 471 g/mol. The first kappa shape index (κ1) is 26.4. The van der Waals surface area contributed by atoms with Gasteiger partial charge < -0.3 is 9.80 Å². The zero-order valence-corrected chi connectivity index (χ0v) is 20.8. The molecule has 0 aliphatic rings. The Morgan fingerprint density at radius 2 is 1.84 bits per heavy atom. The topological polar surface area (TPSA) is 95.7 Å². The first-order chi connectivity index (χ1) is 15.0. The third-order valence-electron chi connectivity index (χ3n) is 5.15. The fourth-order valence-electron chi connectivity index (χ4n) is 3.49. The van der Waals surface area contributed by atoms with Gasteiger partial charge in [-0.1, -0.05) is 55.2 Å². The number of nitrogens with one attached hydrogen (secondary N) is 1. The van der Waals surface area contributed by atoms with Crippen LogP contribution in [0, 0.1) is 0 Å². The first-order valence-electron chi connectivity index (χ1n) is 10.4. The van der Waals surface area contributed by atoms with Gasteiger partial charge in [-0.3, -0.25) is 9.52 Å². The zero-order chi connectivity index (χ0) is 23.9. The number of rotatable bonds is 11. The standard InChI is InChI=1S/C22H30Cl2N4O3S/c1-4-11-28(5-2)15-21(17-7-6-8-18(14-17)26-32(25,30)31)27(3)22(29)13-16-9-10-19(23)20(24)12-16/h6-10,12,14,21,26H,4-5,11,13,15H2,1-3H3,(H2,25,30,31)/t21-/m1/s1. The number of benzene rings is 2. The van der Waals surface area contributed by atoms with Gasteiger partial charge in [-0.25, -0.2) is 5.14 Å². The minimum Gasteiger partial charge on any atom is -0.337 e. The van der Waals surface area contributed by atoms with Crippen molar-refractivity contribution in [3.63, 3.8) is 0 Å². The van der Waals surface area contributed by atoms with Crippen molar-refractivity contribution in [2.45, 2.75) is 32.7 Å². The van der Waals surface area contributed by atoms with Crippen LogP contribution in [0.5, 0.6) is 0 Å². The number of nitrogens with zero attached hydrogens (tertiary/aromatic N) is 2. The summed E-state index contributed by atoms with van der Waals surface area (Å²) in [6, 6.07) is 11.8. The van der Waals surface area contributed by atoms with Gasteiger partial charge in [-0.05, 0) is 54.9 Å². The van der Waals surface area contributed by atoms with Crippen LogP contribution >= 0.6 is 23.2 Å². The summed E-state index contributed by atoms with van der Waals surface area (Å²) in [7, 11) is -2.15. The van der Waals surface area contributed by atoms with E-state index in [1.165, 1.54) is 0 Å². The van der Waals surface area contributed by atoms with Crippen molar-refractivity contribution in [3.05, 3.63) is 63.6 Å². The minimum atomic E-state index is -3.91. The number of halogens is 2. The third kappa shape index (κ3) is 7.94. The summed E-state index contributed by atoms with van der Waals surface area (Å²) in [5.41, 5.74) is 1.91. The number of carbonyl (C=O) groups excluding carboxylic acids is 1. The highest BCUT2D eigenvalue weighted by molar-refractivity contribution is 7.90. The quantitative estimate of drug-likeness (QED) is 0.485. The van der Waals surface area contributed by atoms with Gasteiger partial charge in [0.05, 0.1) is 28.2 Å². The monoisotopic (exact) mass is 500 g/mol. The molecule has 0 saturated heterocycles. The Bertz CT molecular complexity index is 1030. The average Bonchev–Trinajstić information content (AvgIpc) is 2.72. The molecule has 176 valence electrons. The third-order valence-corrected chi connectivity index (χ3v) is 6.41. The molecule has 0 radical (unpaired) electrons. The van der Waals surface area contributed by atoms with Crippen molar-refractivity contribution in [2.75, 3.05) is 31.4 Å². The predicted octanol–water partition coefficient (Wildman–Crippen LogP) is 4.08. The summed E-state index contributed by atoms with van der Waals surface area (Å²) in [5, 5.41) is 5.96. The van der Waals surface area contributed by atoms with Crippen LogP contribution in [0.4, 0.5) is 5.69 Å². The normalized spacial score (nSPS) is 12.6. The molecule has 32 heavy (non-hydrogen) atoms. The van der Waals surface area contributed by atoms with E-state index in [0.29, 0.717) is 22.3 Å². The summed E-state index contributed by atoms with van der Waals surface area (Å²) in [4.78, 5) is 17.1. The molecule has 0 saturated carbocycles. The fourth-order valence-corrected chi connectivity index (χ4v) is 4.26. The van der Waals surface area contributed by atoms with Gasteiger partial charge in [-0.2, -0.15) is 8.42 Å². The number of amides is 1. The average molecular weight is 501 g/mol. The highest BCUT2D eigenvalue weighted by Crippen LogP contribution is 2.26. The van der Waals surface area contributed by atoms with Crippen molar-refractivity contribution in [2.24, 2.45) is 5.14 Å². The molecule has 10 heteroatoms. The van der Waals surface area contributed by atoms with Gasteiger partial charge >= 0.3 is 0 Å². The van der Waals surface area contributed by atoms with Crippen LogP contribution in [-0.4, -0.2) is 50.8 Å². The van der Waals surface area contributed by atoms with E-state index in [-0.39, 0.29) is 18.4 Å². The van der Waals surface area contributed by atoms with Gasteiger partial charge in [0.2, 0.25) is 5.91 Å². The molecule has 0 aromatic heterocycles. The van der Waals surface area contributed by atoms with E-state index in [4.69, 9.17) is 28.3 Å². The molecule has 2 rings (SSSR count). The number of likely N-dealkylation sites (N-methyl/N-ethyl adjacent to an activating group) is 2. The van der Waals surface area contributed by atoms with Crippen molar-refractivity contribution >= 4 is 45.0 Å². The van der Waals surface area contributed by atoms with Crippen LogP contribution in [0.3, 0.4) is 0 Å². The van der Waals surface area contributed by atoms with E-state index < -0.39 is 10.2 Å². The molecule has 1 atom stereocenters. The Labute approximate surface area is 200 Å². The van der Waals surface area contributed by atoms with E-state index in [1.807, 2.05) is 6.07 Å². The lowest BCUT2D eigenvalue weighted by Gasteiger charge is -2.33. The number of nitrogens with two attached hydrogens (primary N) is 1. The van der Waals surface area contributed by atoms with Gasteiger partial charge in [0.25, 0.3) is 10.2 Å². The molecule has 0 heterocycles. The van der Waals surface area contributed by atoms with E-state index >= 15 is 0 Å². The Hall–Kier alpha value is -1.84. The van der Waals surface area contributed by atoms with Crippen molar-refractivity contribution in [1.29, 1.82) is 0 Å². The van der Waals surface area contributed by atoms with E-state index in [9.17, 15) is 13.2 Å². The van der Waals surface area contributed by atoms with Gasteiger partial charge in [0, 0.05) is 13.6 Å². The molecule has 0 bridgehead atoms. The zero-order valence-electron chi connectivity index (χ0n) is 18.5. The van der Waals surface area contributed by atoms with Crippen LogP contribution in [0.15, 0.2) is 42.5 Å². The second-order valence-electron chi connectivity index (χ2n) is 7.61. The lowest BCUT2D eigenvalue weighted by atomic mass is 10.0. The van der Waals surface area contributed by atoms with Gasteiger partial charge in [0.1, 0.15) is 0 Å². The van der Waals surface area contributed by atoms with Gasteiger partial charge in [-0.15, -0.1) is 0 Å². The molecule has 2 aromatic rings. The molecule has 7 nitrogen and oxygen atoms in total.